The number of benzene rings is 2. The van der Waals surface area contributed by atoms with Gasteiger partial charge in [-0.2, -0.15) is 0 Å². The van der Waals surface area contributed by atoms with Gasteiger partial charge in [0.1, 0.15) is 5.82 Å². The number of carbonyl (C=O) groups excluding carboxylic acids is 1. The summed E-state index contributed by atoms with van der Waals surface area (Å²) in [6.45, 7) is 1.21. The maximum atomic E-state index is 12.2. The molecule has 0 saturated heterocycles. The van der Waals surface area contributed by atoms with Gasteiger partial charge in [0.15, 0.2) is 5.16 Å². The number of rotatable bonds is 9. The highest BCUT2D eigenvalue weighted by molar-refractivity contribution is 7.99. The Labute approximate surface area is 179 Å². The van der Waals surface area contributed by atoms with Gasteiger partial charge in [-0.15, -0.1) is 10.2 Å². The maximum Gasteiger partial charge on any atom is 0.221 e. The number of aromatic nitrogens is 3. The van der Waals surface area contributed by atoms with Gasteiger partial charge in [0, 0.05) is 29.7 Å². The van der Waals surface area contributed by atoms with E-state index in [2.05, 4.69) is 32.2 Å². The van der Waals surface area contributed by atoms with Crippen molar-refractivity contribution in [1.29, 1.82) is 0 Å². The van der Waals surface area contributed by atoms with Crippen molar-refractivity contribution in [2.75, 3.05) is 5.75 Å². The zero-order valence-electron chi connectivity index (χ0n) is 16.1. The zero-order valence-corrected chi connectivity index (χ0v) is 17.6. The molecule has 0 bridgehead atoms. The van der Waals surface area contributed by atoms with Crippen LogP contribution in [0.4, 0.5) is 0 Å². The van der Waals surface area contributed by atoms with Gasteiger partial charge in [0.05, 0.1) is 6.54 Å². The summed E-state index contributed by atoms with van der Waals surface area (Å²) in [6.07, 6.45) is 2.79. The molecular formula is C22H23ClN4OS. The van der Waals surface area contributed by atoms with E-state index in [-0.39, 0.29) is 5.91 Å². The minimum atomic E-state index is 0.00830. The minimum absolute atomic E-state index is 0.00830. The molecule has 29 heavy (non-hydrogen) atoms. The van der Waals surface area contributed by atoms with Crippen molar-refractivity contribution in [3.63, 3.8) is 0 Å². The van der Waals surface area contributed by atoms with Crippen molar-refractivity contribution in [1.82, 2.24) is 20.1 Å². The normalized spacial score (nSPS) is 13.4. The summed E-state index contributed by atoms with van der Waals surface area (Å²) >= 11 is 7.72. The minimum Gasteiger partial charge on any atom is -0.352 e. The van der Waals surface area contributed by atoms with Gasteiger partial charge in [-0.05, 0) is 30.0 Å². The zero-order chi connectivity index (χ0) is 20.1. The van der Waals surface area contributed by atoms with Crippen LogP contribution in [0.3, 0.4) is 0 Å². The number of nitrogens with zero attached hydrogens (tertiary/aromatic N) is 3. The Morgan fingerprint density at radius 1 is 1.10 bits per heavy atom. The van der Waals surface area contributed by atoms with E-state index in [0.29, 0.717) is 29.7 Å². The molecule has 0 unspecified atom stereocenters. The Kier molecular flexibility index (Phi) is 6.52. The van der Waals surface area contributed by atoms with Gasteiger partial charge in [-0.1, -0.05) is 71.9 Å². The van der Waals surface area contributed by atoms with Crippen LogP contribution in [0.2, 0.25) is 5.02 Å². The lowest BCUT2D eigenvalue weighted by Crippen LogP contribution is -2.23. The molecule has 1 fully saturated rings. The van der Waals surface area contributed by atoms with Crippen LogP contribution in [0.15, 0.2) is 59.8 Å². The second-order valence-electron chi connectivity index (χ2n) is 7.15. The molecular weight excluding hydrogens is 404 g/mol. The quantitative estimate of drug-likeness (QED) is 0.505. The Morgan fingerprint density at radius 3 is 2.62 bits per heavy atom. The molecule has 1 amide bonds. The first-order chi connectivity index (χ1) is 14.2. The molecule has 1 saturated carbocycles. The topological polar surface area (TPSA) is 59.8 Å². The fourth-order valence-corrected chi connectivity index (χ4v) is 4.21. The lowest BCUT2D eigenvalue weighted by Gasteiger charge is -2.10. The van der Waals surface area contributed by atoms with Crippen LogP contribution < -0.4 is 5.32 Å². The van der Waals surface area contributed by atoms with E-state index in [0.717, 1.165) is 23.1 Å². The lowest BCUT2D eigenvalue weighted by atomic mass is 10.2. The molecule has 0 aliphatic heterocycles. The largest absolute Gasteiger partial charge is 0.352 e. The summed E-state index contributed by atoms with van der Waals surface area (Å²) in [6, 6.07) is 17.9. The van der Waals surface area contributed by atoms with E-state index in [4.69, 9.17) is 11.6 Å². The first-order valence-corrected chi connectivity index (χ1v) is 11.2. The molecule has 1 N–H and O–H groups in total. The standard InChI is InChI=1S/C22H23ClN4OS/c23-19-9-5-4-8-18(19)14-24-20(28)12-13-29-22-26-25-21(17-10-11-17)27(22)15-16-6-2-1-3-7-16/h1-9,17H,10-15H2,(H,24,28). The second-order valence-corrected chi connectivity index (χ2v) is 8.62. The molecule has 1 aliphatic carbocycles. The second kappa shape index (κ2) is 9.46. The Morgan fingerprint density at radius 2 is 1.86 bits per heavy atom. The Bertz CT molecular complexity index is 972. The van der Waals surface area contributed by atoms with Crippen LogP contribution >= 0.6 is 23.4 Å². The van der Waals surface area contributed by atoms with Gasteiger partial charge >= 0.3 is 0 Å². The van der Waals surface area contributed by atoms with E-state index in [1.165, 1.54) is 18.4 Å². The van der Waals surface area contributed by atoms with Crippen LogP contribution in [0.25, 0.3) is 0 Å². The highest BCUT2D eigenvalue weighted by Crippen LogP contribution is 2.40. The van der Waals surface area contributed by atoms with Crippen LogP contribution in [-0.4, -0.2) is 26.4 Å². The van der Waals surface area contributed by atoms with Crippen LogP contribution in [0.1, 0.15) is 42.1 Å². The summed E-state index contributed by atoms with van der Waals surface area (Å²) in [5.74, 6) is 2.26. The average Bonchev–Trinajstić information content (AvgIpc) is 3.51. The van der Waals surface area contributed by atoms with Gasteiger partial charge in [0.2, 0.25) is 5.91 Å². The molecule has 150 valence electrons. The number of hydrogen-bond donors (Lipinski definition) is 1. The predicted molar refractivity (Wildman–Crippen MR) is 116 cm³/mol. The molecule has 1 aliphatic rings. The van der Waals surface area contributed by atoms with Gasteiger partial charge < -0.3 is 9.88 Å². The van der Waals surface area contributed by atoms with E-state index in [1.807, 2.05) is 42.5 Å². The maximum absolute atomic E-state index is 12.2. The van der Waals surface area contributed by atoms with Crippen molar-refractivity contribution < 1.29 is 4.79 Å². The van der Waals surface area contributed by atoms with E-state index in [9.17, 15) is 4.79 Å². The monoisotopic (exact) mass is 426 g/mol. The molecule has 0 radical (unpaired) electrons. The predicted octanol–water partition coefficient (Wildman–Crippen LogP) is 4.66. The van der Waals surface area contributed by atoms with Crippen molar-refractivity contribution in [3.8, 4) is 0 Å². The molecule has 0 atom stereocenters. The third kappa shape index (κ3) is 5.40. The summed E-state index contributed by atoms with van der Waals surface area (Å²) in [5, 5.41) is 13.3. The van der Waals surface area contributed by atoms with Crippen molar-refractivity contribution in [2.45, 2.75) is 43.4 Å². The first-order valence-electron chi connectivity index (χ1n) is 9.80. The highest BCUT2D eigenvalue weighted by atomic mass is 35.5. The van der Waals surface area contributed by atoms with Crippen LogP contribution in [0.5, 0.6) is 0 Å². The van der Waals surface area contributed by atoms with Gasteiger partial charge in [-0.3, -0.25) is 4.79 Å². The van der Waals surface area contributed by atoms with Gasteiger partial charge in [0.25, 0.3) is 0 Å². The van der Waals surface area contributed by atoms with Crippen LogP contribution in [-0.2, 0) is 17.9 Å². The highest BCUT2D eigenvalue weighted by Gasteiger charge is 2.30. The molecule has 4 rings (SSSR count). The third-order valence-electron chi connectivity index (χ3n) is 4.87. The van der Waals surface area contributed by atoms with E-state index >= 15 is 0 Å². The van der Waals surface area contributed by atoms with Gasteiger partial charge in [-0.25, -0.2) is 0 Å². The van der Waals surface area contributed by atoms with E-state index < -0.39 is 0 Å². The molecule has 3 aromatic rings. The number of carbonyl (C=O) groups is 1. The van der Waals surface area contributed by atoms with Crippen molar-refractivity contribution >= 4 is 29.3 Å². The Hall–Kier alpha value is -2.31. The molecule has 2 aromatic carbocycles. The number of halogens is 1. The summed E-state index contributed by atoms with van der Waals surface area (Å²) in [4.78, 5) is 12.2. The number of amides is 1. The summed E-state index contributed by atoms with van der Waals surface area (Å²) < 4.78 is 2.21. The fourth-order valence-electron chi connectivity index (χ4n) is 3.12. The number of nitrogens with one attached hydrogen (secondary N) is 1. The lowest BCUT2D eigenvalue weighted by molar-refractivity contribution is -0.120. The molecule has 7 heteroatoms. The SMILES string of the molecule is O=C(CCSc1nnc(C2CC2)n1Cc1ccccc1)NCc1ccccc1Cl. The molecule has 1 aromatic heterocycles. The van der Waals surface area contributed by atoms with Crippen molar-refractivity contribution in [3.05, 3.63) is 76.6 Å². The Balaban J connectivity index is 1.32. The summed E-state index contributed by atoms with van der Waals surface area (Å²) in [7, 11) is 0. The molecule has 0 spiro atoms. The van der Waals surface area contributed by atoms with Crippen molar-refractivity contribution in [2.24, 2.45) is 0 Å². The number of hydrogen-bond acceptors (Lipinski definition) is 4. The smallest absolute Gasteiger partial charge is 0.221 e. The molecule has 1 heterocycles. The number of thioether (sulfide) groups is 1. The van der Waals surface area contributed by atoms with Crippen LogP contribution in [0, 0.1) is 0 Å². The fraction of sp³-hybridized carbons (Fsp3) is 0.318. The van der Waals surface area contributed by atoms with E-state index in [1.54, 1.807) is 11.8 Å². The first kappa shape index (κ1) is 20.0. The summed E-state index contributed by atoms with van der Waals surface area (Å²) in [5.41, 5.74) is 2.15. The molecule has 5 nitrogen and oxygen atoms in total. The third-order valence-corrected chi connectivity index (χ3v) is 6.20. The average molecular weight is 427 g/mol.